The second-order valence-corrected chi connectivity index (χ2v) is 5.73. The summed E-state index contributed by atoms with van der Waals surface area (Å²) in [5, 5.41) is 2.84. The van der Waals surface area contributed by atoms with Crippen LogP contribution in [0.3, 0.4) is 0 Å². The summed E-state index contributed by atoms with van der Waals surface area (Å²) in [7, 11) is 2.05. The maximum atomic E-state index is 11.3. The summed E-state index contributed by atoms with van der Waals surface area (Å²) in [4.78, 5) is 13.5. The van der Waals surface area contributed by atoms with Crippen LogP contribution >= 0.6 is 0 Å². The topological polar surface area (TPSA) is 58.4 Å². The highest BCUT2D eigenvalue weighted by molar-refractivity contribution is 5.99. The third-order valence-electron chi connectivity index (χ3n) is 3.25. The van der Waals surface area contributed by atoms with Crippen LogP contribution in [0.4, 0.5) is 11.4 Å². The monoisotopic (exact) mass is 247 g/mol. The molecule has 0 bridgehead atoms. The molecule has 0 saturated heterocycles. The second kappa shape index (κ2) is 4.61. The fraction of sp³-hybridized carbons (Fsp3) is 0.500. The van der Waals surface area contributed by atoms with Crippen LogP contribution < -0.4 is 16.0 Å². The van der Waals surface area contributed by atoms with Crippen molar-refractivity contribution < 1.29 is 4.79 Å². The van der Waals surface area contributed by atoms with Crippen LogP contribution in [-0.4, -0.2) is 25.0 Å². The fourth-order valence-corrected chi connectivity index (χ4v) is 2.04. The van der Waals surface area contributed by atoms with Crippen molar-refractivity contribution in [3.63, 3.8) is 0 Å². The average Bonchev–Trinajstić information content (AvgIpc) is 2.63. The van der Waals surface area contributed by atoms with Crippen molar-refractivity contribution in [2.24, 2.45) is 5.73 Å². The predicted octanol–water partition coefficient (Wildman–Crippen LogP) is 1.74. The summed E-state index contributed by atoms with van der Waals surface area (Å²) < 4.78 is 0. The Morgan fingerprint density at radius 2 is 2.17 bits per heavy atom. The van der Waals surface area contributed by atoms with E-state index in [0.29, 0.717) is 6.42 Å². The minimum Gasteiger partial charge on any atom is -0.375 e. The van der Waals surface area contributed by atoms with E-state index in [1.54, 1.807) is 0 Å². The molecule has 0 unspecified atom stereocenters. The number of hydrogen-bond acceptors (Lipinski definition) is 3. The lowest BCUT2D eigenvalue weighted by atomic mass is 10.0. The third-order valence-corrected chi connectivity index (χ3v) is 3.25. The minimum atomic E-state index is -0.150. The van der Waals surface area contributed by atoms with Gasteiger partial charge in [0, 0.05) is 30.5 Å². The number of anilines is 2. The maximum absolute atomic E-state index is 11.3. The molecule has 4 heteroatoms. The number of benzene rings is 1. The van der Waals surface area contributed by atoms with Gasteiger partial charge in [0.1, 0.15) is 0 Å². The van der Waals surface area contributed by atoms with Gasteiger partial charge in [-0.25, -0.2) is 0 Å². The van der Waals surface area contributed by atoms with Crippen molar-refractivity contribution in [1.29, 1.82) is 0 Å². The number of nitrogens with two attached hydrogens (primary N) is 1. The molecule has 0 spiro atoms. The summed E-state index contributed by atoms with van der Waals surface area (Å²) in [6.07, 6.45) is 1.41. The van der Waals surface area contributed by atoms with Crippen molar-refractivity contribution in [3.8, 4) is 0 Å². The van der Waals surface area contributed by atoms with Gasteiger partial charge in [0.15, 0.2) is 0 Å². The Morgan fingerprint density at radius 3 is 2.83 bits per heavy atom. The Morgan fingerprint density at radius 1 is 1.44 bits per heavy atom. The van der Waals surface area contributed by atoms with Crippen LogP contribution in [0.15, 0.2) is 18.2 Å². The molecule has 1 amide bonds. The highest BCUT2D eigenvalue weighted by Gasteiger charge is 2.18. The van der Waals surface area contributed by atoms with Crippen molar-refractivity contribution in [1.82, 2.24) is 0 Å². The first-order valence-corrected chi connectivity index (χ1v) is 6.28. The first-order valence-electron chi connectivity index (χ1n) is 6.28. The summed E-state index contributed by atoms with van der Waals surface area (Å²) >= 11 is 0. The SMILES string of the molecule is CN(CCC(C)(C)N)c1ccc2c(c1)CC(=O)N2. The van der Waals surface area contributed by atoms with Crippen LogP contribution in [0.5, 0.6) is 0 Å². The van der Waals surface area contributed by atoms with Crippen LogP contribution in [0.25, 0.3) is 0 Å². The van der Waals surface area contributed by atoms with Gasteiger partial charge in [-0.05, 0) is 44.0 Å². The van der Waals surface area contributed by atoms with E-state index in [4.69, 9.17) is 5.73 Å². The van der Waals surface area contributed by atoms with E-state index in [0.717, 1.165) is 29.9 Å². The van der Waals surface area contributed by atoms with E-state index < -0.39 is 0 Å². The number of carbonyl (C=O) groups is 1. The molecule has 1 aliphatic heterocycles. The largest absolute Gasteiger partial charge is 0.375 e. The molecule has 0 fully saturated rings. The van der Waals surface area contributed by atoms with Crippen LogP contribution in [0, 0.1) is 0 Å². The number of nitrogens with zero attached hydrogens (tertiary/aromatic N) is 1. The molecule has 18 heavy (non-hydrogen) atoms. The Labute approximate surface area is 108 Å². The second-order valence-electron chi connectivity index (χ2n) is 5.73. The van der Waals surface area contributed by atoms with Gasteiger partial charge in [-0.1, -0.05) is 0 Å². The summed E-state index contributed by atoms with van der Waals surface area (Å²) in [6, 6.07) is 6.09. The quantitative estimate of drug-likeness (QED) is 0.852. The van der Waals surface area contributed by atoms with Crippen molar-refractivity contribution in [2.45, 2.75) is 32.2 Å². The van der Waals surface area contributed by atoms with Gasteiger partial charge in [0.25, 0.3) is 0 Å². The van der Waals surface area contributed by atoms with Gasteiger partial charge < -0.3 is 16.0 Å². The van der Waals surface area contributed by atoms with E-state index in [1.807, 2.05) is 26.0 Å². The highest BCUT2D eigenvalue weighted by atomic mass is 16.1. The first-order chi connectivity index (χ1) is 8.35. The smallest absolute Gasteiger partial charge is 0.228 e. The molecule has 0 radical (unpaired) electrons. The van der Waals surface area contributed by atoms with Crippen LogP contribution in [0.1, 0.15) is 25.8 Å². The lowest BCUT2D eigenvalue weighted by Crippen LogP contribution is -2.36. The van der Waals surface area contributed by atoms with Gasteiger partial charge in [-0.15, -0.1) is 0 Å². The normalized spacial score (nSPS) is 14.3. The van der Waals surface area contributed by atoms with E-state index in [2.05, 4.69) is 23.3 Å². The lowest BCUT2D eigenvalue weighted by Gasteiger charge is -2.25. The molecule has 2 rings (SSSR count). The molecule has 0 atom stereocenters. The molecule has 1 aliphatic rings. The average molecular weight is 247 g/mol. The molecule has 3 N–H and O–H groups in total. The molecule has 0 aliphatic carbocycles. The van der Waals surface area contributed by atoms with E-state index >= 15 is 0 Å². The summed E-state index contributed by atoms with van der Waals surface area (Å²) in [5.41, 5.74) is 8.99. The molecular weight excluding hydrogens is 226 g/mol. The fourth-order valence-electron chi connectivity index (χ4n) is 2.04. The van der Waals surface area contributed by atoms with Crippen molar-refractivity contribution in [3.05, 3.63) is 23.8 Å². The van der Waals surface area contributed by atoms with Crippen LogP contribution in [0.2, 0.25) is 0 Å². The molecular formula is C14H21N3O. The zero-order chi connectivity index (χ0) is 13.3. The molecule has 1 aromatic rings. The zero-order valence-electron chi connectivity index (χ0n) is 11.3. The predicted molar refractivity (Wildman–Crippen MR) is 74.9 cm³/mol. The maximum Gasteiger partial charge on any atom is 0.228 e. The number of fused-ring (bicyclic) bond motifs is 1. The molecule has 1 aromatic carbocycles. The standard InChI is InChI=1S/C14H21N3O/c1-14(2,15)6-7-17(3)11-4-5-12-10(8-11)9-13(18)16-12/h4-5,8H,6-7,9,15H2,1-3H3,(H,16,18). The lowest BCUT2D eigenvalue weighted by molar-refractivity contribution is -0.115. The first kappa shape index (κ1) is 12.9. The molecule has 0 saturated carbocycles. The number of rotatable bonds is 4. The number of hydrogen-bond donors (Lipinski definition) is 2. The van der Waals surface area contributed by atoms with Gasteiger partial charge in [-0.2, -0.15) is 0 Å². The molecule has 0 aromatic heterocycles. The minimum absolute atomic E-state index is 0.0768. The Hall–Kier alpha value is -1.55. The summed E-state index contributed by atoms with van der Waals surface area (Å²) in [6.45, 7) is 4.97. The Kier molecular flexibility index (Phi) is 3.30. The Bertz CT molecular complexity index is 463. The van der Waals surface area contributed by atoms with Gasteiger partial charge >= 0.3 is 0 Å². The van der Waals surface area contributed by atoms with Crippen LogP contribution in [-0.2, 0) is 11.2 Å². The number of amides is 1. The number of carbonyl (C=O) groups excluding carboxylic acids is 1. The number of nitrogens with one attached hydrogen (secondary N) is 1. The van der Waals surface area contributed by atoms with Gasteiger partial charge in [0.2, 0.25) is 5.91 Å². The van der Waals surface area contributed by atoms with E-state index in [9.17, 15) is 4.79 Å². The summed E-state index contributed by atoms with van der Waals surface area (Å²) in [5.74, 6) is 0.0768. The van der Waals surface area contributed by atoms with Crippen molar-refractivity contribution in [2.75, 3.05) is 23.8 Å². The highest BCUT2D eigenvalue weighted by Crippen LogP contribution is 2.27. The zero-order valence-corrected chi connectivity index (χ0v) is 11.3. The Balaban J connectivity index is 2.06. The molecule has 4 nitrogen and oxygen atoms in total. The van der Waals surface area contributed by atoms with Gasteiger partial charge in [0.05, 0.1) is 6.42 Å². The molecule has 1 heterocycles. The molecule has 98 valence electrons. The van der Waals surface area contributed by atoms with E-state index in [1.165, 1.54) is 0 Å². The van der Waals surface area contributed by atoms with Gasteiger partial charge in [-0.3, -0.25) is 4.79 Å². The van der Waals surface area contributed by atoms with E-state index in [-0.39, 0.29) is 11.4 Å². The third kappa shape index (κ3) is 3.01. The van der Waals surface area contributed by atoms with Crippen molar-refractivity contribution >= 4 is 17.3 Å².